The Bertz CT molecular complexity index is 884. The molecule has 0 fully saturated rings. The van der Waals surface area contributed by atoms with Crippen molar-refractivity contribution in [2.75, 3.05) is 7.11 Å². The van der Waals surface area contributed by atoms with Gasteiger partial charge in [-0.15, -0.1) is 0 Å². The summed E-state index contributed by atoms with van der Waals surface area (Å²) in [4.78, 5) is 10.7. The van der Waals surface area contributed by atoms with Crippen molar-refractivity contribution in [2.24, 2.45) is 10.8 Å². The predicted molar refractivity (Wildman–Crippen MR) is 92.1 cm³/mol. The number of hydrogen-bond acceptors (Lipinski definition) is 4. The summed E-state index contributed by atoms with van der Waals surface area (Å²) in [5.74, 6) is 0.814. The van der Waals surface area contributed by atoms with E-state index in [-0.39, 0.29) is 0 Å². The molecule has 1 aromatic heterocycles. The van der Waals surface area contributed by atoms with E-state index in [1.807, 2.05) is 53.2 Å². The van der Waals surface area contributed by atoms with Gasteiger partial charge in [-0.1, -0.05) is 30.3 Å². The second-order valence-electron chi connectivity index (χ2n) is 5.14. The van der Waals surface area contributed by atoms with Crippen LogP contribution < -0.4 is 15.9 Å². The number of fused-ring (bicyclic) bond motifs is 1. The number of methoxy groups -OCH3 is 1. The number of ether oxygens (including phenoxy) is 1. The van der Waals surface area contributed by atoms with E-state index in [9.17, 15) is 4.79 Å². The Balaban J connectivity index is 1.92. The minimum atomic E-state index is -0.715. The third-order valence-electron chi connectivity index (χ3n) is 3.54. The number of benzene rings is 2. The molecule has 3 aromatic rings. The number of nitrogens with two attached hydrogens (primary N) is 1. The molecule has 0 bridgehead atoms. The number of nitrogens with zero attached hydrogens (tertiary/aromatic N) is 3. The first-order valence-corrected chi connectivity index (χ1v) is 7.34. The fourth-order valence-corrected chi connectivity index (χ4v) is 2.43. The molecule has 3 N–H and O–H groups in total. The highest BCUT2D eigenvalue weighted by Gasteiger charge is 2.09. The minimum absolute atomic E-state index is 0.613. The van der Waals surface area contributed by atoms with Gasteiger partial charge in [0.1, 0.15) is 11.4 Å². The lowest BCUT2D eigenvalue weighted by Gasteiger charge is -2.05. The summed E-state index contributed by atoms with van der Waals surface area (Å²) in [6.07, 6.45) is 1.48. The maximum absolute atomic E-state index is 10.7. The molecule has 3 rings (SSSR count). The summed E-state index contributed by atoms with van der Waals surface area (Å²) in [5, 5.41) is 9.31. The Labute approximate surface area is 138 Å². The van der Waals surface area contributed by atoms with E-state index in [1.165, 1.54) is 6.21 Å². The van der Waals surface area contributed by atoms with Gasteiger partial charge in [-0.3, -0.25) is 4.68 Å². The predicted octanol–water partition coefficient (Wildman–Crippen LogP) is 2.10. The van der Waals surface area contributed by atoms with Crippen LogP contribution in [0.4, 0.5) is 4.79 Å². The number of para-hydroxylation sites is 1. The molecule has 0 aliphatic heterocycles. The van der Waals surface area contributed by atoms with Crippen molar-refractivity contribution in [3.8, 4) is 5.75 Å². The molecule has 24 heavy (non-hydrogen) atoms. The van der Waals surface area contributed by atoms with Crippen molar-refractivity contribution in [1.29, 1.82) is 0 Å². The highest BCUT2D eigenvalue weighted by molar-refractivity contribution is 5.97. The van der Waals surface area contributed by atoms with Gasteiger partial charge in [0.25, 0.3) is 0 Å². The Morgan fingerprint density at radius 3 is 2.75 bits per heavy atom. The zero-order valence-electron chi connectivity index (χ0n) is 13.1. The number of hydrogen-bond donors (Lipinski definition) is 2. The van der Waals surface area contributed by atoms with E-state index in [1.54, 1.807) is 7.11 Å². The average molecular weight is 323 g/mol. The summed E-state index contributed by atoms with van der Waals surface area (Å²) in [6.45, 7) is 0.613. The van der Waals surface area contributed by atoms with E-state index in [2.05, 4.69) is 15.6 Å². The molecule has 0 saturated heterocycles. The highest BCUT2D eigenvalue weighted by Crippen LogP contribution is 2.19. The Kier molecular flexibility index (Phi) is 4.42. The maximum atomic E-state index is 10.7. The van der Waals surface area contributed by atoms with Crippen molar-refractivity contribution < 1.29 is 9.53 Å². The van der Waals surface area contributed by atoms with Crippen molar-refractivity contribution in [1.82, 2.24) is 15.2 Å². The fourth-order valence-electron chi connectivity index (χ4n) is 2.43. The molecule has 0 aliphatic carbocycles. The van der Waals surface area contributed by atoms with Crippen molar-refractivity contribution >= 4 is 23.1 Å². The first kappa shape index (κ1) is 15.5. The van der Waals surface area contributed by atoms with Gasteiger partial charge in [-0.2, -0.15) is 10.2 Å². The fraction of sp³-hybridized carbons (Fsp3) is 0.118. The third kappa shape index (κ3) is 3.35. The van der Waals surface area contributed by atoms with Crippen LogP contribution in [0.1, 0.15) is 11.3 Å². The Morgan fingerprint density at radius 2 is 2.04 bits per heavy atom. The largest absolute Gasteiger partial charge is 0.497 e. The minimum Gasteiger partial charge on any atom is -0.497 e. The molecule has 0 radical (unpaired) electrons. The number of hydrazone groups is 1. The average Bonchev–Trinajstić information content (AvgIpc) is 2.93. The molecule has 2 aromatic carbocycles. The number of carbonyl (C=O) groups is 1. The zero-order valence-corrected chi connectivity index (χ0v) is 13.1. The third-order valence-corrected chi connectivity index (χ3v) is 3.54. The van der Waals surface area contributed by atoms with Gasteiger partial charge in [-0.05, 0) is 23.8 Å². The number of rotatable bonds is 5. The van der Waals surface area contributed by atoms with Gasteiger partial charge in [0.05, 0.1) is 25.4 Å². The topological polar surface area (TPSA) is 94.5 Å². The van der Waals surface area contributed by atoms with Gasteiger partial charge in [0, 0.05) is 5.39 Å². The van der Waals surface area contributed by atoms with E-state index < -0.39 is 6.03 Å². The van der Waals surface area contributed by atoms with Crippen LogP contribution in [0.2, 0.25) is 0 Å². The summed E-state index contributed by atoms with van der Waals surface area (Å²) in [5.41, 5.74) is 9.92. The lowest BCUT2D eigenvalue weighted by molar-refractivity contribution is 0.249. The number of nitrogens with one attached hydrogen (secondary N) is 1. The molecule has 0 aliphatic rings. The van der Waals surface area contributed by atoms with E-state index in [0.29, 0.717) is 12.2 Å². The van der Waals surface area contributed by atoms with E-state index >= 15 is 0 Å². The van der Waals surface area contributed by atoms with Gasteiger partial charge in [0.2, 0.25) is 0 Å². The number of urea groups is 1. The molecule has 0 saturated carbocycles. The number of primary amides is 1. The van der Waals surface area contributed by atoms with Gasteiger partial charge in [-0.25, -0.2) is 10.2 Å². The first-order chi connectivity index (χ1) is 11.7. The lowest BCUT2D eigenvalue weighted by Crippen LogP contribution is -2.24. The highest BCUT2D eigenvalue weighted by atomic mass is 16.5. The van der Waals surface area contributed by atoms with Gasteiger partial charge >= 0.3 is 6.03 Å². The van der Waals surface area contributed by atoms with Crippen LogP contribution in [0.3, 0.4) is 0 Å². The van der Waals surface area contributed by atoms with Crippen LogP contribution in [-0.2, 0) is 6.54 Å². The van der Waals surface area contributed by atoms with E-state index in [0.717, 1.165) is 22.2 Å². The van der Waals surface area contributed by atoms with Gasteiger partial charge in [0.15, 0.2) is 0 Å². The molecule has 0 unspecified atom stereocenters. The Morgan fingerprint density at radius 1 is 1.29 bits per heavy atom. The molecule has 7 heteroatoms. The van der Waals surface area contributed by atoms with Crippen LogP contribution in [0.15, 0.2) is 53.6 Å². The first-order valence-electron chi connectivity index (χ1n) is 7.34. The van der Waals surface area contributed by atoms with Crippen molar-refractivity contribution in [3.63, 3.8) is 0 Å². The summed E-state index contributed by atoms with van der Waals surface area (Å²) >= 11 is 0. The van der Waals surface area contributed by atoms with Gasteiger partial charge < -0.3 is 10.5 Å². The molecule has 7 nitrogen and oxygen atoms in total. The molecule has 1 heterocycles. The van der Waals surface area contributed by atoms with Crippen molar-refractivity contribution in [2.45, 2.75) is 6.54 Å². The summed E-state index contributed by atoms with van der Waals surface area (Å²) in [7, 11) is 1.64. The van der Waals surface area contributed by atoms with Crippen LogP contribution in [-0.4, -0.2) is 29.1 Å². The molecule has 122 valence electrons. The number of carbonyl (C=O) groups excluding carboxylic acids is 1. The number of amides is 2. The SMILES string of the molecule is COc1ccc(Cn2nc(/C=N\NC(N)=O)c3ccccc32)cc1. The van der Waals surface area contributed by atoms with Crippen molar-refractivity contribution in [3.05, 3.63) is 59.8 Å². The molecular formula is C17H17N5O2. The monoisotopic (exact) mass is 323 g/mol. The molecule has 0 atom stereocenters. The molecular weight excluding hydrogens is 306 g/mol. The molecule has 2 amide bonds. The van der Waals surface area contributed by atoms with Crippen LogP contribution >= 0.6 is 0 Å². The second-order valence-corrected chi connectivity index (χ2v) is 5.14. The number of aromatic nitrogens is 2. The summed E-state index contributed by atoms with van der Waals surface area (Å²) in [6, 6.07) is 14.9. The van der Waals surface area contributed by atoms with Crippen LogP contribution in [0.25, 0.3) is 10.9 Å². The maximum Gasteiger partial charge on any atom is 0.332 e. The smallest absolute Gasteiger partial charge is 0.332 e. The molecule has 0 spiro atoms. The van der Waals surface area contributed by atoms with E-state index in [4.69, 9.17) is 10.5 Å². The normalized spacial score (nSPS) is 11.0. The van der Waals surface area contributed by atoms with Crippen LogP contribution in [0, 0.1) is 0 Å². The Hall–Kier alpha value is -3.35. The quantitative estimate of drug-likeness (QED) is 0.556. The van der Waals surface area contributed by atoms with Crippen LogP contribution in [0.5, 0.6) is 5.75 Å². The second kappa shape index (κ2) is 6.82. The lowest BCUT2D eigenvalue weighted by atomic mass is 10.2. The summed E-state index contributed by atoms with van der Waals surface area (Å²) < 4.78 is 7.06. The zero-order chi connectivity index (χ0) is 16.9. The standard InChI is InChI=1S/C17H17N5O2/c1-24-13-8-6-12(7-9-13)11-22-16-5-3-2-4-14(16)15(21-22)10-19-20-17(18)23/h2-10H,11H2,1H3,(H3,18,20,23)/b19-10-.